The molecular formula is C18H17ClN4O3S. The van der Waals surface area contributed by atoms with Crippen molar-refractivity contribution in [3.05, 3.63) is 53.2 Å². The Labute approximate surface area is 162 Å². The predicted molar refractivity (Wildman–Crippen MR) is 101 cm³/mol. The van der Waals surface area contributed by atoms with Gasteiger partial charge in [-0.25, -0.2) is 13.4 Å². The highest BCUT2D eigenvalue weighted by Crippen LogP contribution is 2.25. The fraction of sp³-hybridized carbons (Fsp3) is 0.278. The van der Waals surface area contributed by atoms with Crippen LogP contribution in [0.2, 0.25) is 5.02 Å². The summed E-state index contributed by atoms with van der Waals surface area (Å²) in [7, 11) is -3.68. The molecule has 3 rings (SSSR count). The first-order valence-electron chi connectivity index (χ1n) is 8.33. The van der Waals surface area contributed by atoms with Gasteiger partial charge in [-0.15, -0.1) is 0 Å². The molecule has 9 heteroatoms. The van der Waals surface area contributed by atoms with Gasteiger partial charge in [0.1, 0.15) is 5.82 Å². The standard InChI is InChI=1S/C18H17ClN4O3S/c19-15-4-5-17(21-12-15)22-18(24)14-6-8-23(9-7-14)27(25,26)16-3-1-2-13(10-16)11-20/h1-5,10,12,14H,6-9H2,(H,21,22,24). The fourth-order valence-electron chi connectivity index (χ4n) is 2.91. The minimum Gasteiger partial charge on any atom is -0.310 e. The van der Waals surface area contributed by atoms with Crippen molar-refractivity contribution in [2.24, 2.45) is 5.92 Å². The zero-order chi connectivity index (χ0) is 19.4. The van der Waals surface area contributed by atoms with E-state index in [1.807, 2.05) is 6.07 Å². The zero-order valence-electron chi connectivity index (χ0n) is 14.3. The van der Waals surface area contributed by atoms with Crippen LogP contribution in [0.5, 0.6) is 0 Å². The van der Waals surface area contributed by atoms with E-state index in [-0.39, 0.29) is 29.8 Å². The number of piperidine rings is 1. The number of nitrogens with zero attached hydrogens (tertiary/aromatic N) is 3. The molecule has 1 N–H and O–H groups in total. The third kappa shape index (κ3) is 4.45. The number of nitriles is 1. The summed E-state index contributed by atoms with van der Waals surface area (Å²) in [6.45, 7) is 0.483. The molecule has 1 amide bonds. The number of aromatic nitrogens is 1. The number of hydrogen-bond acceptors (Lipinski definition) is 5. The molecule has 7 nitrogen and oxygen atoms in total. The van der Waals surface area contributed by atoms with Crippen LogP contribution in [0.15, 0.2) is 47.5 Å². The molecule has 1 aliphatic rings. The second kappa shape index (κ2) is 8.05. The van der Waals surface area contributed by atoms with Crippen LogP contribution in [0.1, 0.15) is 18.4 Å². The summed E-state index contributed by atoms with van der Waals surface area (Å²) < 4.78 is 26.9. The second-order valence-corrected chi connectivity index (χ2v) is 8.54. The molecule has 0 spiro atoms. The van der Waals surface area contributed by atoms with Crippen molar-refractivity contribution in [2.45, 2.75) is 17.7 Å². The Morgan fingerprint density at radius 1 is 1.26 bits per heavy atom. The highest BCUT2D eigenvalue weighted by atomic mass is 35.5. The van der Waals surface area contributed by atoms with E-state index in [0.29, 0.717) is 29.2 Å². The van der Waals surface area contributed by atoms with E-state index < -0.39 is 10.0 Å². The number of nitrogens with one attached hydrogen (secondary N) is 1. The van der Waals surface area contributed by atoms with E-state index in [2.05, 4.69) is 10.3 Å². The average molecular weight is 405 g/mol. The number of pyridine rings is 1. The molecule has 1 aromatic heterocycles. The Morgan fingerprint density at radius 2 is 2.00 bits per heavy atom. The molecule has 0 bridgehead atoms. The number of sulfonamides is 1. The van der Waals surface area contributed by atoms with Gasteiger partial charge in [-0.3, -0.25) is 4.79 Å². The van der Waals surface area contributed by atoms with Crippen molar-refractivity contribution in [3.8, 4) is 6.07 Å². The summed E-state index contributed by atoms with van der Waals surface area (Å²) in [5.41, 5.74) is 0.292. The number of rotatable bonds is 4. The van der Waals surface area contributed by atoms with Crippen LogP contribution in [0, 0.1) is 17.2 Å². The monoisotopic (exact) mass is 404 g/mol. The number of halogens is 1. The lowest BCUT2D eigenvalue weighted by molar-refractivity contribution is -0.120. The van der Waals surface area contributed by atoms with Crippen LogP contribution in [-0.4, -0.2) is 36.7 Å². The lowest BCUT2D eigenvalue weighted by Gasteiger charge is -2.30. The molecule has 0 radical (unpaired) electrons. The minimum absolute atomic E-state index is 0.0924. The van der Waals surface area contributed by atoms with E-state index in [4.69, 9.17) is 16.9 Å². The maximum absolute atomic E-state index is 12.7. The predicted octanol–water partition coefficient (Wildman–Crippen LogP) is 2.65. The molecule has 1 aliphatic heterocycles. The van der Waals surface area contributed by atoms with E-state index in [1.54, 1.807) is 24.3 Å². The van der Waals surface area contributed by atoms with Gasteiger partial charge in [0.2, 0.25) is 15.9 Å². The van der Waals surface area contributed by atoms with Crippen LogP contribution in [0.4, 0.5) is 5.82 Å². The van der Waals surface area contributed by atoms with Gasteiger partial charge in [0.25, 0.3) is 0 Å². The van der Waals surface area contributed by atoms with Gasteiger partial charge in [-0.05, 0) is 43.2 Å². The Hall–Kier alpha value is -2.47. The van der Waals surface area contributed by atoms with Crippen molar-refractivity contribution in [2.75, 3.05) is 18.4 Å². The molecular weight excluding hydrogens is 388 g/mol. The molecule has 2 aromatic rings. The highest BCUT2D eigenvalue weighted by Gasteiger charge is 2.32. The van der Waals surface area contributed by atoms with E-state index in [1.165, 1.54) is 22.6 Å². The second-order valence-electron chi connectivity index (χ2n) is 6.17. The first-order chi connectivity index (χ1) is 12.9. The third-order valence-electron chi connectivity index (χ3n) is 4.40. The Balaban J connectivity index is 1.63. The van der Waals surface area contributed by atoms with Crippen molar-refractivity contribution in [3.63, 3.8) is 0 Å². The van der Waals surface area contributed by atoms with E-state index >= 15 is 0 Å². The van der Waals surface area contributed by atoms with Gasteiger partial charge >= 0.3 is 0 Å². The number of carbonyl (C=O) groups is 1. The summed E-state index contributed by atoms with van der Waals surface area (Å²) in [5.74, 6) is -0.0690. The lowest BCUT2D eigenvalue weighted by Crippen LogP contribution is -2.41. The summed E-state index contributed by atoms with van der Waals surface area (Å²) in [6.07, 6.45) is 2.27. The lowest BCUT2D eigenvalue weighted by atomic mass is 9.97. The van der Waals surface area contributed by atoms with Crippen molar-refractivity contribution in [1.29, 1.82) is 5.26 Å². The van der Waals surface area contributed by atoms with Gasteiger partial charge < -0.3 is 5.32 Å². The number of benzene rings is 1. The Bertz CT molecular complexity index is 978. The number of amides is 1. The maximum Gasteiger partial charge on any atom is 0.243 e. The molecule has 2 heterocycles. The van der Waals surface area contributed by atoms with Gasteiger partial charge in [-0.2, -0.15) is 9.57 Å². The molecule has 1 aromatic carbocycles. The van der Waals surface area contributed by atoms with Gasteiger partial charge in [0.15, 0.2) is 0 Å². The van der Waals surface area contributed by atoms with E-state index in [9.17, 15) is 13.2 Å². The highest BCUT2D eigenvalue weighted by molar-refractivity contribution is 7.89. The molecule has 0 saturated carbocycles. The normalized spacial score (nSPS) is 15.9. The Kier molecular flexibility index (Phi) is 5.75. The van der Waals surface area contributed by atoms with Crippen LogP contribution in [0.3, 0.4) is 0 Å². The van der Waals surface area contributed by atoms with Crippen molar-refractivity contribution >= 4 is 33.3 Å². The maximum atomic E-state index is 12.7. The molecule has 1 saturated heterocycles. The molecule has 0 unspecified atom stereocenters. The molecule has 1 fully saturated rings. The molecule has 0 atom stereocenters. The first-order valence-corrected chi connectivity index (χ1v) is 10.1. The van der Waals surface area contributed by atoms with Crippen molar-refractivity contribution in [1.82, 2.24) is 9.29 Å². The van der Waals surface area contributed by atoms with Gasteiger partial charge in [-0.1, -0.05) is 17.7 Å². The number of anilines is 1. The topological polar surface area (TPSA) is 103 Å². The molecule has 0 aliphatic carbocycles. The van der Waals surface area contributed by atoms with Crippen LogP contribution >= 0.6 is 11.6 Å². The van der Waals surface area contributed by atoms with Crippen LogP contribution in [0.25, 0.3) is 0 Å². The number of hydrogen-bond donors (Lipinski definition) is 1. The fourth-order valence-corrected chi connectivity index (χ4v) is 4.54. The average Bonchev–Trinajstić information content (AvgIpc) is 2.70. The van der Waals surface area contributed by atoms with Crippen LogP contribution in [-0.2, 0) is 14.8 Å². The van der Waals surface area contributed by atoms with Crippen molar-refractivity contribution < 1.29 is 13.2 Å². The SMILES string of the molecule is N#Cc1cccc(S(=O)(=O)N2CCC(C(=O)Nc3ccc(Cl)cn3)CC2)c1. The smallest absolute Gasteiger partial charge is 0.243 e. The summed E-state index contributed by atoms with van der Waals surface area (Å²) in [6, 6.07) is 11.1. The third-order valence-corrected chi connectivity index (χ3v) is 6.52. The quantitative estimate of drug-likeness (QED) is 0.843. The zero-order valence-corrected chi connectivity index (χ0v) is 15.9. The summed E-state index contributed by atoms with van der Waals surface area (Å²) in [4.78, 5) is 16.5. The largest absolute Gasteiger partial charge is 0.310 e. The summed E-state index contributed by atoms with van der Waals surface area (Å²) in [5, 5.41) is 12.2. The van der Waals surface area contributed by atoms with E-state index in [0.717, 1.165) is 0 Å². The van der Waals surface area contributed by atoms with Crippen LogP contribution < -0.4 is 5.32 Å². The summed E-state index contributed by atoms with van der Waals surface area (Å²) >= 11 is 5.77. The number of carbonyl (C=O) groups excluding carboxylic acids is 1. The van der Waals surface area contributed by atoms with Gasteiger partial charge in [0, 0.05) is 25.2 Å². The molecule has 27 heavy (non-hydrogen) atoms. The van der Waals surface area contributed by atoms with Gasteiger partial charge in [0.05, 0.1) is 21.6 Å². The molecule has 140 valence electrons. The Morgan fingerprint density at radius 3 is 2.63 bits per heavy atom. The minimum atomic E-state index is -3.68. The first kappa shape index (κ1) is 19.3.